The van der Waals surface area contributed by atoms with Gasteiger partial charge in [-0.2, -0.15) is 0 Å². The van der Waals surface area contributed by atoms with E-state index in [1.807, 2.05) is 0 Å². The van der Waals surface area contributed by atoms with Crippen LogP contribution in [0.15, 0.2) is 0 Å². The van der Waals surface area contributed by atoms with Crippen LogP contribution in [0.3, 0.4) is 0 Å². The number of hydrogen-bond donors (Lipinski definition) is 0. The first-order chi connectivity index (χ1) is 10.1. The zero-order valence-electron chi connectivity index (χ0n) is 13.6. The van der Waals surface area contributed by atoms with Gasteiger partial charge in [-0.3, -0.25) is 4.79 Å². The molecule has 0 aromatic carbocycles. The summed E-state index contributed by atoms with van der Waals surface area (Å²) in [5, 5.41) is 0. The third-order valence-electron chi connectivity index (χ3n) is 2.80. The van der Waals surface area contributed by atoms with E-state index in [1.165, 1.54) is 34.8 Å². The van der Waals surface area contributed by atoms with Crippen LogP contribution in [0.1, 0.15) is 34.6 Å². The van der Waals surface area contributed by atoms with E-state index in [0.717, 1.165) is 0 Å². The molecule has 8 heteroatoms. The molecule has 1 rings (SSSR count). The smallest absolute Gasteiger partial charge is 0.347 e. The van der Waals surface area contributed by atoms with Crippen molar-refractivity contribution in [1.29, 1.82) is 0 Å². The standard InChI is InChI=1S/C8H14O4.C6H8O4/c1-5(9)6(2)12-8(10)7(3)11-4;1-3-5(7)10-4(2)6(8)9-3/h6-7H,1-4H3;3-4H,1-2H3. The normalized spacial score (nSPS) is 23.2. The molecule has 1 aliphatic rings. The van der Waals surface area contributed by atoms with E-state index in [1.54, 1.807) is 6.92 Å². The molecule has 4 unspecified atom stereocenters. The Morgan fingerprint density at radius 2 is 1.41 bits per heavy atom. The van der Waals surface area contributed by atoms with Gasteiger partial charge in [-0.05, 0) is 34.6 Å². The van der Waals surface area contributed by atoms with Crippen molar-refractivity contribution in [3.8, 4) is 0 Å². The molecule has 0 spiro atoms. The van der Waals surface area contributed by atoms with E-state index < -0.39 is 42.3 Å². The average molecular weight is 318 g/mol. The Morgan fingerprint density at radius 3 is 1.73 bits per heavy atom. The van der Waals surface area contributed by atoms with Crippen molar-refractivity contribution in [2.75, 3.05) is 7.11 Å². The fourth-order valence-electron chi connectivity index (χ4n) is 1.09. The highest BCUT2D eigenvalue weighted by atomic mass is 16.6. The van der Waals surface area contributed by atoms with Gasteiger partial charge in [0.25, 0.3) is 0 Å². The fraction of sp³-hybridized carbons (Fsp3) is 0.714. The quantitative estimate of drug-likeness (QED) is 0.542. The number of Topliss-reactive ketones (excluding diaryl/α,β-unsaturated/α-hetero) is 1. The molecule has 0 radical (unpaired) electrons. The van der Waals surface area contributed by atoms with Crippen LogP contribution in [0, 0.1) is 0 Å². The van der Waals surface area contributed by atoms with Crippen molar-refractivity contribution in [3.63, 3.8) is 0 Å². The number of rotatable bonds is 4. The maximum Gasteiger partial charge on any atom is 0.347 e. The molecule has 0 aromatic rings. The number of cyclic esters (lactones) is 2. The molecule has 1 fully saturated rings. The van der Waals surface area contributed by atoms with Gasteiger partial charge in [-0.1, -0.05) is 0 Å². The molecule has 1 heterocycles. The summed E-state index contributed by atoms with van der Waals surface area (Å²) in [6, 6.07) is 0. The molecule has 22 heavy (non-hydrogen) atoms. The van der Waals surface area contributed by atoms with E-state index in [9.17, 15) is 19.2 Å². The maximum atomic E-state index is 11.0. The molecular weight excluding hydrogens is 296 g/mol. The Balaban J connectivity index is 0.000000406. The van der Waals surface area contributed by atoms with E-state index in [2.05, 4.69) is 9.47 Å². The Labute approximate surface area is 129 Å². The number of ether oxygens (including phenoxy) is 4. The second kappa shape index (κ2) is 9.14. The molecule has 0 aliphatic carbocycles. The van der Waals surface area contributed by atoms with E-state index >= 15 is 0 Å². The average Bonchev–Trinajstić information content (AvgIpc) is 2.44. The second-order valence-electron chi connectivity index (χ2n) is 4.73. The Morgan fingerprint density at radius 1 is 1.00 bits per heavy atom. The lowest BCUT2D eigenvalue weighted by Crippen LogP contribution is -2.40. The van der Waals surface area contributed by atoms with E-state index in [0.29, 0.717) is 0 Å². The van der Waals surface area contributed by atoms with Crippen LogP contribution < -0.4 is 0 Å². The first-order valence-electron chi connectivity index (χ1n) is 6.74. The van der Waals surface area contributed by atoms with Crippen LogP contribution in [0.25, 0.3) is 0 Å². The summed E-state index contributed by atoms with van der Waals surface area (Å²) < 4.78 is 18.7. The van der Waals surface area contributed by atoms with Crippen molar-refractivity contribution in [3.05, 3.63) is 0 Å². The minimum absolute atomic E-state index is 0.174. The first-order valence-corrected chi connectivity index (χ1v) is 6.74. The zero-order chi connectivity index (χ0) is 17.4. The summed E-state index contributed by atoms with van der Waals surface area (Å²) in [6.07, 6.45) is -2.80. The molecule has 1 saturated heterocycles. The SMILES string of the molecule is CC1OC(=O)C(C)OC1=O.COC(C)C(=O)OC(C)C(C)=O. The lowest BCUT2D eigenvalue weighted by molar-refractivity contribution is -0.191. The minimum Gasteiger partial charge on any atom is -0.453 e. The Bertz CT molecular complexity index is 411. The van der Waals surface area contributed by atoms with Crippen molar-refractivity contribution in [2.45, 2.75) is 59.0 Å². The van der Waals surface area contributed by atoms with Gasteiger partial charge in [0.15, 0.2) is 30.2 Å². The second-order valence-corrected chi connectivity index (χ2v) is 4.73. The third-order valence-corrected chi connectivity index (χ3v) is 2.80. The number of carbonyl (C=O) groups excluding carboxylic acids is 4. The van der Waals surface area contributed by atoms with E-state index in [4.69, 9.17) is 9.47 Å². The molecule has 126 valence electrons. The van der Waals surface area contributed by atoms with Gasteiger partial charge < -0.3 is 18.9 Å². The van der Waals surface area contributed by atoms with Crippen LogP contribution in [0.2, 0.25) is 0 Å². The summed E-state index contributed by atoms with van der Waals surface area (Å²) in [5.74, 6) is -1.65. The van der Waals surface area contributed by atoms with Gasteiger partial charge in [-0.25, -0.2) is 14.4 Å². The highest BCUT2D eigenvalue weighted by Gasteiger charge is 2.32. The molecule has 1 aliphatic heterocycles. The predicted octanol–water partition coefficient (Wildman–Crippen LogP) is 0.405. The highest BCUT2D eigenvalue weighted by molar-refractivity contribution is 5.86. The Kier molecular flexibility index (Phi) is 8.32. The van der Waals surface area contributed by atoms with Gasteiger partial charge in [0.2, 0.25) is 0 Å². The molecule has 0 aromatic heterocycles. The zero-order valence-corrected chi connectivity index (χ0v) is 13.6. The van der Waals surface area contributed by atoms with Crippen molar-refractivity contribution >= 4 is 23.7 Å². The summed E-state index contributed by atoms with van der Waals surface area (Å²) in [4.78, 5) is 43.0. The fourth-order valence-corrected chi connectivity index (χ4v) is 1.09. The van der Waals surface area contributed by atoms with Gasteiger partial charge >= 0.3 is 17.9 Å². The third kappa shape index (κ3) is 6.66. The number of methoxy groups -OCH3 is 1. The van der Waals surface area contributed by atoms with Crippen LogP contribution in [-0.4, -0.2) is 55.2 Å². The molecule has 0 amide bonds. The molecular formula is C14H22O8. The van der Waals surface area contributed by atoms with E-state index in [-0.39, 0.29) is 5.78 Å². The number of hydrogen-bond acceptors (Lipinski definition) is 8. The summed E-state index contributed by atoms with van der Waals surface area (Å²) in [7, 11) is 1.41. The predicted molar refractivity (Wildman–Crippen MR) is 73.8 cm³/mol. The van der Waals surface area contributed by atoms with Crippen molar-refractivity contribution in [2.24, 2.45) is 0 Å². The largest absolute Gasteiger partial charge is 0.453 e. The van der Waals surface area contributed by atoms with Crippen LogP contribution in [0.5, 0.6) is 0 Å². The van der Waals surface area contributed by atoms with Gasteiger partial charge in [0, 0.05) is 7.11 Å². The molecule has 4 atom stereocenters. The van der Waals surface area contributed by atoms with Gasteiger partial charge in [0.1, 0.15) is 0 Å². The number of carbonyl (C=O) groups is 4. The van der Waals surface area contributed by atoms with Crippen LogP contribution >= 0.6 is 0 Å². The maximum absolute atomic E-state index is 11.0. The molecule has 0 bridgehead atoms. The summed E-state index contributed by atoms with van der Waals surface area (Å²) in [6.45, 7) is 7.42. The Hall–Kier alpha value is -1.96. The topological polar surface area (TPSA) is 105 Å². The monoisotopic (exact) mass is 318 g/mol. The number of ketones is 1. The molecule has 0 saturated carbocycles. The summed E-state index contributed by atoms with van der Waals surface area (Å²) in [5.41, 5.74) is 0. The van der Waals surface area contributed by atoms with Gasteiger partial charge in [0.05, 0.1) is 0 Å². The highest BCUT2D eigenvalue weighted by Crippen LogP contribution is 2.08. The van der Waals surface area contributed by atoms with Gasteiger partial charge in [-0.15, -0.1) is 0 Å². The molecule has 8 nitrogen and oxygen atoms in total. The molecule has 0 N–H and O–H groups in total. The van der Waals surface area contributed by atoms with Crippen molar-refractivity contribution in [1.82, 2.24) is 0 Å². The van der Waals surface area contributed by atoms with Crippen LogP contribution in [-0.2, 0) is 38.1 Å². The van der Waals surface area contributed by atoms with Crippen molar-refractivity contribution < 1.29 is 38.1 Å². The summed E-state index contributed by atoms with van der Waals surface area (Å²) >= 11 is 0. The number of esters is 3. The lowest BCUT2D eigenvalue weighted by Gasteiger charge is -2.22. The minimum atomic E-state index is -0.747. The van der Waals surface area contributed by atoms with Crippen LogP contribution in [0.4, 0.5) is 0 Å². The first kappa shape index (κ1) is 20.0. The lowest BCUT2D eigenvalue weighted by atomic mass is 10.3.